The number of nitrogens with zero attached hydrogens (tertiary/aromatic N) is 1. The summed E-state index contributed by atoms with van der Waals surface area (Å²) in [6.07, 6.45) is 4.99. The second-order valence-electron chi connectivity index (χ2n) is 8.64. The number of ether oxygens (including phenoxy) is 1. The summed E-state index contributed by atoms with van der Waals surface area (Å²) in [6.45, 7) is 2.42. The van der Waals surface area contributed by atoms with Crippen LogP contribution in [0.1, 0.15) is 36.4 Å². The Morgan fingerprint density at radius 1 is 1.11 bits per heavy atom. The van der Waals surface area contributed by atoms with Crippen molar-refractivity contribution in [3.8, 4) is 5.75 Å². The summed E-state index contributed by atoms with van der Waals surface area (Å²) in [5, 5.41) is 14.8. The number of benzene rings is 3. The molecule has 5 rings (SSSR count). The minimum Gasteiger partial charge on any atom is -0.494 e. The molecule has 3 atom stereocenters. The van der Waals surface area contributed by atoms with Gasteiger partial charge in [-0.1, -0.05) is 24.3 Å². The van der Waals surface area contributed by atoms with E-state index in [1.54, 1.807) is 54.6 Å². The molecule has 0 bridgehead atoms. The number of anilines is 2. The predicted molar refractivity (Wildman–Crippen MR) is 134 cm³/mol. The van der Waals surface area contributed by atoms with E-state index in [1.165, 1.54) is 6.07 Å². The fourth-order valence-electron chi connectivity index (χ4n) is 4.90. The van der Waals surface area contributed by atoms with Crippen molar-refractivity contribution in [1.82, 2.24) is 0 Å². The molecule has 8 nitrogen and oxygen atoms in total. The van der Waals surface area contributed by atoms with Gasteiger partial charge in [-0.25, -0.2) is 8.42 Å². The van der Waals surface area contributed by atoms with Crippen LogP contribution in [0.3, 0.4) is 0 Å². The molecule has 9 heteroatoms. The monoisotopic (exact) mass is 491 g/mol. The van der Waals surface area contributed by atoms with E-state index in [4.69, 9.17) is 4.74 Å². The summed E-state index contributed by atoms with van der Waals surface area (Å²) in [7, 11) is -3.80. The van der Waals surface area contributed by atoms with E-state index in [9.17, 15) is 18.5 Å². The van der Waals surface area contributed by atoms with E-state index >= 15 is 0 Å². The molecule has 0 radical (unpaired) electrons. The highest BCUT2D eigenvalue weighted by Gasteiger charge is 2.38. The topological polar surface area (TPSA) is 111 Å². The van der Waals surface area contributed by atoms with Crippen molar-refractivity contribution in [2.75, 3.05) is 16.6 Å². The van der Waals surface area contributed by atoms with Gasteiger partial charge in [0.05, 0.1) is 22.5 Å². The van der Waals surface area contributed by atoms with Crippen molar-refractivity contribution in [3.63, 3.8) is 0 Å². The van der Waals surface area contributed by atoms with E-state index in [0.717, 1.165) is 23.2 Å². The van der Waals surface area contributed by atoms with Crippen LogP contribution in [0.2, 0.25) is 0 Å². The maximum absolute atomic E-state index is 13.1. The first-order chi connectivity index (χ1) is 16.9. The lowest BCUT2D eigenvalue weighted by atomic mass is 9.77. The smallest absolute Gasteiger partial charge is 0.269 e. The summed E-state index contributed by atoms with van der Waals surface area (Å²) in [5.41, 5.74) is 3.08. The Hall–Kier alpha value is -3.85. The summed E-state index contributed by atoms with van der Waals surface area (Å²) in [5.74, 6) is 0.810. The molecule has 35 heavy (non-hydrogen) atoms. The first-order valence-electron chi connectivity index (χ1n) is 11.4. The third kappa shape index (κ3) is 4.46. The molecule has 0 spiro atoms. The average Bonchev–Trinajstić information content (AvgIpc) is 3.35. The minimum atomic E-state index is -3.80. The van der Waals surface area contributed by atoms with Crippen LogP contribution in [0.5, 0.6) is 5.75 Å². The van der Waals surface area contributed by atoms with E-state index in [1.807, 2.05) is 13.0 Å². The van der Waals surface area contributed by atoms with Gasteiger partial charge in [-0.05, 0) is 72.9 Å². The standard InChI is InChI=1S/C26H25N3O5S/c1-2-34-20-11-9-18(10-12-20)28-35(32,33)21-13-14-25-24(16-21)22-7-4-8-23(22)26(27-25)17-5-3-6-19(15-17)29(30)31/h3-7,9-16,22-23,26-28H,2,8H2,1H3/t22-,23+,26+/m1/s1. The van der Waals surface area contributed by atoms with Crippen LogP contribution in [0, 0.1) is 16.0 Å². The number of sulfonamides is 1. The molecule has 1 aliphatic carbocycles. The van der Waals surface area contributed by atoms with Crippen molar-refractivity contribution in [2.24, 2.45) is 5.92 Å². The molecule has 0 aromatic heterocycles. The van der Waals surface area contributed by atoms with Crippen molar-refractivity contribution in [1.29, 1.82) is 0 Å². The lowest BCUT2D eigenvalue weighted by Crippen LogP contribution is -2.29. The molecule has 1 heterocycles. The van der Waals surface area contributed by atoms with Crippen molar-refractivity contribution in [2.45, 2.75) is 30.2 Å². The molecular weight excluding hydrogens is 466 g/mol. The Kier molecular flexibility index (Phi) is 5.94. The Morgan fingerprint density at radius 2 is 1.91 bits per heavy atom. The Labute approximate surface area is 203 Å². The highest BCUT2D eigenvalue weighted by molar-refractivity contribution is 7.92. The number of allylic oxidation sites excluding steroid dienone is 2. The lowest BCUT2D eigenvalue weighted by molar-refractivity contribution is -0.384. The van der Waals surface area contributed by atoms with Crippen LogP contribution >= 0.6 is 0 Å². The van der Waals surface area contributed by atoms with Crippen LogP contribution in [-0.2, 0) is 10.0 Å². The van der Waals surface area contributed by atoms with Crippen molar-refractivity contribution < 1.29 is 18.1 Å². The molecular formula is C26H25N3O5S. The van der Waals surface area contributed by atoms with Crippen molar-refractivity contribution in [3.05, 3.63) is 100 Å². The SMILES string of the molecule is CCOc1ccc(NS(=O)(=O)c2ccc3c(c2)[C@@H]2C=CC[C@@H]2[C@H](c2cccc([N+](=O)[O-])c2)N3)cc1. The van der Waals surface area contributed by atoms with Crippen LogP contribution in [0.15, 0.2) is 83.8 Å². The zero-order chi connectivity index (χ0) is 24.6. The first-order valence-corrected chi connectivity index (χ1v) is 12.9. The van der Waals surface area contributed by atoms with E-state index in [0.29, 0.717) is 18.0 Å². The quantitative estimate of drug-likeness (QED) is 0.252. The molecule has 0 amide bonds. The Morgan fingerprint density at radius 3 is 2.66 bits per heavy atom. The molecule has 0 saturated carbocycles. The predicted octanol–water partition coefficient (Wildman–Crippen LogP) is 5.62. The summed E-state index contributed by atoms with van der Waals surface area (Å²) >= 11 is 0. The maximum Gasteiger partial charge on any atom is 0.269 e. The summed E-state index contributed by atoms with van der Waals surface area (Å²) < 4.78 is 34.3. The molecule has 3 aromatic carbocycles. The lowest BCUT2D eigenvalue weighted by Gasteiger charge is -2.37. The Bertz CT molecular complexity index is 1400. The number of non-ortho nitro benzene ring substituents is 1. The van der Waals surface area contributed by atoms with Gasteiger partial charge >= 0.3 is 0 Å². The summed E-state index contributed by atoms with van der Waals surface area (Å²) in [6, 6.07) is 18.4. The van der Waals surface area contributed by atoms with Gasteiger partial charge in [0.2, 0.25) is 0 Å². The normalized spacial score (nSPS) is 20.4. The van der Waals surface area contributed by atoms with Crippen LogP contribution < -0.4 is 14.8 Å². The number of hydrogen-bond acceptors (Lipinski definition) is 6. The highest BCUT2D eigenvalue weighted by atomic mass is 32.2. The third-order valence-electron chi connectivity index (χ3n) is 6.50. The maximum atomic E-state index is 13.1. The summed E-state index contributed by atoms with van der Waals surface area (Å²) in [4.78, 5) is 11.1. The number of hydrogen-bond donors (Lipinski definition) is 2. The molecule has 180 valence electrons. The van der Waals surface area contributed by atoms with Gasteiger partial charge in [0.15, 0.2) is 0 Å². The molecule has 0 unspecified atom stereocenters. The van der Waals surface area contributed by atoms with Gasteiger partial charge in [0, 0.05) is 29.4 Å². The number of rotatable bonds is 7. The molecule has 0 saturated heterocycles. The molecule has 0 fully saturated rings. The van der Waals surface area contributed by atoms with Crippen LogP contribution in [-0.4, -0.2) is 19.9 Å². The van der Waals surface area contributed by atoms with Gasteiger partial charge in [-0.2, -0.15) is 0 Å². The second-order valence-corrected chi connectivity index (χ2v) is 10.3. The second kappa shape index (κ2) is 9.07. The highest BCUT2D eigenvalue weighted by Crippen LogP contribution is 2.50. The molecule has 3 aromatic rings. The molecule has 2 aliphatic rings. The molecule has 2 N–H and O–H groups in total. The zero-order valence-corrected chi connectivity index (χ0v) is 19.9. The van der Waals surface area contributed by atoms with Crippen LogP contribution in [0.25, 0.3) is 0 Å². The Balaban J connectivity index is 1.44. The third-order valence-corrected chi connectivity index (χ3v) is 7.88. The van der Waals surface area contributed by atoms with Crippen molar-refractivity contribution >= 4 is 27.1 Å². The van der Waals surface area contributed by atoms with Gasteiger partial charge in [-0.3, -0.25) is 14.8 Å². The fraction of sp³-hybridized carbons (Fsp3) is 0.231. The average molecular weight is 492 g/mol. The largest absolute Gasteiger partial charge is 0.494 e. The number of fused-ring (bicyclic) bond motifs is 3. The van der Waals surface area contributed by atoms with E-state index in [2.05, 4.69) is 22.2 Å². The fourth-order valence-corrected chi connectivity index (χ4v) is 5.99. The zero-order valence-electron chi connectivity index (χ0n) is 19.0. The molecule has 1 aliphatic heterocycles. The number of nitrogens with one attached hydrogen (secondary N) is 2. The van der Waals surface area contributed by atoms with E-state index in [-0.39, 0.29) is 33.4 Å². The minimum absolute atomic E-state index is 0.0103. The van der Waals surface area contributed by atoms with Crippen LogP contribution in [0.4, 0.5) is 17.1 Å². The van der Waals surface area contributed by atoms with Gasteiger partial charge in [-0.15, -0.1) is 0 Å². The van der Waals surface area contributed by atoms with Gasteiger partial charge in [0.1, 0.15) is 5.75 Å². The van der Waals surface area contributed by atoms with E-state index < -0.39 is 10.0 Å². The number of nitro groups is 1. The first kappa shape index (κ1) is 22.9. The number of nitro benzene ring substituents is 1. The van der Waals surface area contributed by atoms with Gasteiger partial charge in [0.25, 0.3) is 15.7 Å². The van der Waals surface area contributed by atoms with Gasteiger partial charge < -0.3 is 10.1 Å².